The number of carboxylic acids is 1. The Morgan fingerprint density at radius 2 is 0.759 bits per heavy atom. The number of Topliss-reactive ketones (excluding diaryl/α,β-unsaturated/α-hetero) is 1. The van der Waals surface area contributed by atoms with E-state index in [9.17, 15) is 29.7 Å². The summed E-state index contributed by atoms with van der Waals surface area (Å²) in [5.74, 6) is -0.529. The summed E-state index contributed by atoms with van der Waals surface area (Å²) in [6, 6.07) is 0. The molecule has 0 aromatic heterocycles. The topological polar surface area (TPSA) is 351 Å². The number of epoxide rings is 10. The number of hydrogen-bond acceptors (Lipinski definition) is 25. The average molecular weight is 2100 g/mol. The van der Waals surface area contributed by atoms with Gasteiger partial charge in [-0.3, -0.25) is 4.79 Å². The molecule has 0 amide bonds. The van der Waals surface area contributed by atoms with Crippen molar-refractivity contribution in [3.63, 3.8) is 0 Å². The lowest BCUT2D eigenvalue weighted by Crippen LogP contribution is -2.76. The van der Waals surface area contributed by atoms with Gasteiger partial charge in [-0.15, -0.1) is 0 Å². The quantitative estimate of drug-likeness (QED) is 0.0198. The molecule has 0 bridgehead atoms. The van der Waals surface area contributed by atoms with Crippen molar-refractivity contribution in [2.75, 3.05) is 88.4 Å². The Balaban J connectivity index is 0.000000360. The number of aliphatic hydroxyl groups is 2. The predicted octanol–water partition coefficient (Wildman–Crippen LogP) is 21.8. The third kappa shape index (κ3) is 31.7. The van der Waals surface area contributed by atoms with E-state index in [-0.39, 0.29) is 220 Å². The number of carbonyl (C=O) groups excluding carboxylic acids is 3. The van der Waals surface area contributed by atoms with Crippen molar-refractivity contribution >= 4 is 34.4 Å². The van der Waals surface area contributed by atoms with Crippen LogP contribution in [0.2, 0.25) is 36.3 Å². The monoisotopic (exact) mass is 2090 g/mol. The van der Waals surface area contributed by atoms with Gasteiger partial charge in [0.25, 0.3) is 0 Å². The molecule has 17 fully saturated rings. The number of carbonyl (C=O) groups is 3. The Morgan fingerprint density at radius 1 is 0.455 bits per heavy atom. The Hall–Kier alpha value is -3.10. The van der Waals surface area contributed by atoms with E-state index in [4.69, 9.17) is 90.7 Å². The number of hydrogen-bond donors (Lipinski definition) is 3. The number of ether oxygens (including phenoxy) is 17. The first-order chi connectivity index (χ1) is 65.6. The minimum absolute atomic E-state index is 0. The van der Waals surface area contributed by atoms with E-state index in [0.717, 1.165) is 129 Å². The smallest absolute Gasteiger partial charge is 0.331 e. The third-order valence-corrected chi connectivity index (χ3v) is 44.6. The van der Waals surface area contributed by atoms with E-state index in [2.05, 4.69) is 188 Å². The van der Waals surface area contributed by atoms with Crippen molar-refractivity contribution in [1.29, 1.82) is 0 Å². The minimum atomic E-state index is -1.88. The molecule has 10 saturated heterocycles. The average Bonchev–Trinajstić information content (AvgIpc) is 1.54. The number of quaternary nitrogens is 1. The van der Waals surface area contributed by atoms with Crippen LogP contribution in [0.25, 0.3) is 0 Å². The van der Waals surface area contributed by atoms with Crippen LogP contribution in [0.3, 0.4) is 0 Å². The Morgan fingerprint density at radius 3 is 1.06 bits per heavy atom. The van der Waals surface area contributed by atoms with Crippen molar-refractivity contribution in [2.24, 2.45) is 35.5 Å². The van der Waals surface area contributed by atoms with Crippen LogP contribution in [0.15, 0.2) is 58.7 Å². The first-order valence-corrected chi connectivity index (χ1v) is 59.2. The summed E-state index contributed by atoms with van der Waals surface area (Å²) < 4.78 is 119. The molecule has 5 spiro atoms. The van der Waals surface area contributed by atoms with Gasteiger partial charge in [0.2, 0.25) is 0 Å². The van der Waals surface area contributed by atoms with Crippen molar-refractivity contribution in [3.05, 3.63) is 58.7 Å². The van der Waals surface area contributed by atoms with Crippen LogP contribution in [0.1, 0.15) is 366 Å². The molecule has 7 saturated carbocycles. The summed E-state index contributed by atoms with van der Waals surface area (Å²) in [5, 5.41) is 30.4. The van der Waals surface area contributed by atoms with E-state index in [1.165, 1.54) is 86.5 Å². The largest absolute Gasteiger partial charge is 0.545 e. The van der Waals surface area contributed by atoms with Gasteiger partial charge in [0, 0.05) is 88.0 Å². The highest BCUT2D eigenvalue weighted by molar-refractivity contribution is 6.74. The fraction of sp³-hybridized carbons (Fsp3) is 0.889. The number of carboxylic acid groups (broad SMARTS) is 1. The first kappa shape index (κ1) is 132. The Kier molecular flexibility index (Phi) is 49.3. The molecule has 0 radical (unpaired) electrons. The summed E-state index contributed by atoms with van der Waals surface area (Å²) in [4.78, 5) is 34.6. The molecule has 28 heteroatoms. The summed E-state index contributed by atoms with van der Waals surface area (Å²) >= 11 is 0. The molecule has 5 N–H and O–H groups in total. The van der Waals surface area contributed by atoms with Gasteiger partial charge in [0.15, 0.2) is 22.4 Å². The van der Waals surface area contributed by atoms with E-state index in [1.807, 2.05) is 21.0 Å². The summed E-state index contributed by atoms with van der Waals surface area (Å²) in [6.45, 7) is 62.4. The van der Waals surface area contributed by atoms with E-state index < -0.39 is 46.4 Å². The fourth-order valence-corrected chi connectivity index (χ4v) is 27.5. The highest BCUT2D eigenvalue weighted by atomic mass is 28.4. The van der Waals surface area contributed by atoms with Crippen LogP contribution in [0.4, 0.5) is 0 Å². The maximum absolute atomic E-state index is 12.2. The predicted molar refractivity (Wildman–Crippen MR) is 584 cm³/mol. The standard InChI is InChI=1S/C22H40O4Si.C20H28O7.C19H36O5Si.C16H26O4.C16H24O4.C12H23N.C4H10O.C2H6.6CH4/c1-15(2)10-11-17-21(6,25-17)19-18(23-7)16(12-13-22(19)14-24-22)26-27(8,9)20(3,4)5;1-12(2)5-6-14-19(3,27-14)18-17(24-4)13(9-10-20(18)11-25-20)26-16(23)8-7-15(21)22;1-17(2,3)25(6,7)24-13-8-10-19(12-22-19)16(15(13)21-5)18(4)14(23-18)9-11-20;2*1-10(2)5-6-12-15(3,20-12)14-13(18-4)11(17)7-8-16(14)9-19-16;13-12(9-5-2-6-10-12)11-7-3-1-4-8-11;1-3-5-4-2;1-2;;;;;;/h10,16-19H,11-14H2,1-9H3;5,7-8,13-14,17-18H,6,9-11H2,1-4H3,(H,21,22);13-16,20H,8-12H2,1-7H3;5,11-14,17H,6-9H2,1-4H3;5,12-14H,6-9H2,1-4H3;11H,1-10,13H2;3-4H2,1-2H3;1-2H3;6*1H4/b;8-7+;;;;;;;;;;;;/t16-,17-,18-,19-,21-,22+;13?,14-,17-,18-,19-,20+;13-,14-,15-,16-,18-,19+;11-,12-,13-,14-,15-,16+;12-,13-,14-,15-,16+;;;;;;;;;/m11111........./s1/i;;;;;;;1D;;;;;;. The minimum Gasteiger partial charge on any atom is -0.545 e. The second kappa shape index (κ2) is 54.0. The zero-order valence-electron chi connectivity index (χ0n) is 93.0. The molecule has 848 valence electrons. The molecule has 1 unspecified atom stereocenters. The number of aliphatic hydroxyl groups excluding tert-OH is 2. The van der Waals surface area contributed by atoms with Crippen LogP contribution in [0.5, 0.6) is 0 Å². The maximum Gasteiger partial charge on any atom is 0.331 e. The van der Waals surface area contributed by atoms with Gasteiger partial charge in [-0.05, 0) is 262 Å². The third-order valence-electron chi connectivity index (χ3n) is 35.6. The molecule has 17 aliphatic rings. The molecule has 29 atom stereocenters. The summed E-state index contributed by atoms with van der Waals surface area (Å²) in [5.41, 5.74) is 8.07. The lowest BCUT2D eigenvalue weighted by Gasteiger charge is -2.47. The molecule has 10 heterocycles. The normalized spacial score (nSPS) is 39.2. The molecular weight excluding hydrogens is 1880 g/mol. The van der Waals surface area contributed by atoms with Crippen LogP contribution in [-0.4, -0.2) is 280 Å². The van der Waals surface area contributed by atoms with Gasteiger partial charge in [0.1, 0.15) is 57.5 Å². The van der Waals surface area contributed by atoms with Crippen LogP contribution >= 0.6 is 0 Å². The molecule has 26 nitrogen and oxygen atoms in total. The zero-order valence-corrected chi connectivity index (χ0v) is 94.0. The van der Waals surface area contributed by atoms with Crippen molar-refractivity contribution in [1.82, 2.24) is 0 Å². The summed E-state index contributed by atoms with van der Waals surface area (Å²) in [7, 11) is 4.77. The SMILES string of the molecule is C.C.C.C.C.C.CCOCC.CO[C@@H]1C(=O)CC[C@]2(CO2)[C@H]1[C@]1(C)O[C@@H]1CC=C(C)C.CO[C@@H]1C(OC(=O)/C=C/C(=O)[O-])CC[C@]2(CO2)[C@H]1[C@]1(C)O[C@@H]1CC=C(C)C.CO[C@@H]1[C@H](O)CC[C@]2(CO2)[C@H]1[C@]1(C)O[C@@H]1CC=C(C)C.CO[C@@H]1[C@H](O[Si](C)(C)C(C)(C)C)CC[C@]2(CO2)[C@H]1[C@]1(C)O[C@@H]1CC=C(C)C.CO[C@@H]1[C@H](O[Si](C)(C)C(C)(C)C)CC[C@]2(CO2)[C@H]1[C@]1(C)O[C@@H]1CCO.[2H]CC.[NH3+]C1(C2CCCCC2)CCCCC1. The number of esters is 1. The molecule has 145 heavy (non-hydrogen) atoms. The summed E-state index contributed by atoms with van der Waals surface area (Å²) in [6.07, 6.45) is 36.8. The van der Waals surface area contributed by atoms with E-state index in [1.54, 1.807) is 35.4 Å². The Labute approximate surface area is 885 Å². The fourth-order valence-electron chi connectivity index (χ4n) is 24.8. The number of aliphatic carboxylic acids is 1. The van der Waals surface area contributed by atoms with Crippen LogP contribution in [-0.2, 0) is 104 Å². The number of methoxy groups -OCH3 is 5. The molecular formula is C117H217NO25Si2. The van der Waals surface area contributed by atoms with Crippen molar-refractivity contribution < 1.29 is 126 Å². The van der Waals surface area contributed by atoms with Gasteiger partial charge in [-0.2, -0.15) is 0 Å². The van der Waals surface area contributed by atoms with Crippen molar-refractivity contribution in [3.8, 4) is 0 Å². The Bertz CT molecular complexity index is 4130. The zero-order chi connectivity index (χ0) is 104. The van der Waals surface area contributed by atoms with E-state index >= 15 is 0 Å². The van der Waals surface area contributed by atoms with Gasteiger partial charge >= 0.3 is 5.97 Å². The number of ketones is 1. The maximum atomic E-state index is 12.2. The highest BCUT2D eigenvalue weighted by Gasteiger charge is 2.78. The molecule has 7 aliphatic carbocycles. The van der Waals surface area contributed by atoms with Crippen molar-refractivity contribution in [2.45, 2.75) is 548 Å². The van der Waals surface area contributed by atoms with Crippen LogP contribution < -0.4 is 10.8 Å². The molecule has 0 aromatic rings. The molecule has 10 aliphatic heterocycles. The van der Waals surface area contributed by atoms with Gasteiger partial charge in [-0.1, -0.05) is 172 Å². The van der Waals surface area contributed by atoms with Gasteiger partial charge < -0.3 is 115 Å². The van der Waals surface area contributed by atoms with Crippen LogP contribution in [0, 0.1) is 35.5 Å². The second-order valence-electron chi connectivity index (χ2n) is 48.3. The molecule has 17 rings (SSSR count). The van der Waals surface area contributed by atoms with Gasteiger partial charge in [-0.25, -0.2) is 4.79 Å². The first-order valence-electron chi connectivity index (χ1n) is 54.0. The van der Waals surface area contributed by atoms with E-state index in [0.29, 0.717) is 44.4 Å². The number of allylic oxidation sites excluding steroid dienone is 4. The second-order valence-corrected chi connectivity index (χ2v) is 57.8. The molecule has 0 aromatic carbocycles. The number of rotatable bonds is 30. The lowest BCUT2D eigenvalue weighted by atomic mass is 9.68. The highest BCUT2D eigenvalue weighted by Crippen LogP contribution is 2.66. The lowest BCUT2D eigenvalue weighted by molar-refractivity contribution is -0.501. The van der Waals surface area contributed by atoms with Gasteiger partial charge in [0.05, 0.1) is 158 Å².